The molecule has 4 rings (SSSR count). The van der Waals surface area contributed by atoms with Crippen molar-refractivity contribution in [3.05, 3.63) is 71.3 Å². The molecule has 174 valence electrons. The maximum absolute atomic E-state index is 14.6. The third-order valence-corrected chi connectivity index (χ3v) is 6.17. The smallest absolute Gasteiger partial charge is 0.309 e. The van der Waals surface area contributed by atoms with Gasteiger partial charge in [0.25, 0.3) is 5.91 Å². The van der Waals surface area contributed by atoms with E-state index in [1.807, 2.05) is 4.90 Å². The van der Waals surface area contributed by atoms with Crippen LogP contribution in [-0.2, 0) is 14.3 Å². The molecular weight excluding hydrogens is 428 g/mol. The third kappa shape index (κ3) is 5.27. The Morgan fingerprint density at radius 2 is 1.76 bits per heavy atom. The number of hydrogen-bond donors (Lipinski definition) is 0. The van der Waals surface area contributed by atoms with E-state index in [1.54, 1.807) is 37.3 Å². The summed E-state index contributed by atoms with van der Waals surface area (Å²) >= 11 is 0. The molecule has 2 heterocycles. The number of ether oxygens (including phenoxy) is 1. The molecule has 1 atom stereocenters. The fraction of sp³-hybridized carbons (Fsp3) is 0.400. The molecule has 8 heteroatoms. The lowest BCUT2D eigenvalue weighted by atomic mass is 9.96. The number of carbonyl (C=O) groups excluding carboxylic acids is 2. The van der Waals surface area contributed by atoms with Crippen LogP contribution >= 0.6 is 0 Å². The van der Waals surface area contributed by atoms with Gasteiger partial charge in [0.15, 0.2) is 0 Å². The Bertz CT molecular complexity index is 1030. The number of hydrogen-bond acceptors (Lipinski definition) is 5. The lowest BCUT2D eigenvalue weighted by molar-refractivity contribution is -0.149. The maximum atomic E-state index is 14.6. The quantitative estimate of drug-likeness (QED) is 0.620. The van der Waals surface area contributed by atoms with Crippen LogP contribution < -0.4 is 0 Å². The Morgan fingerprint density at radius 1 is 1.06 bits per heavy atom. The number of likely N-dealkylation sites (tertiary alicyclic amines) is 1. The number of esters is 1. The molecule has 0 aromatic heterocycles. The van der Waals surface area contributed by atoms with E-state index in [0.717, 1.165) is 0 Å². The minimum atomic E-state index is -0.573. The average molecular weight is 456 g/mol. The van der Waals surface area contributed by atoms with Gasteiger partial charge in [-0.15, -0.1) is 0 Å². The highest BCUT2D eigenvalue weighted by molar-refractivity contribution is 6.03. The van der Waals surface area contributed by atoms with E-state index in [-0.39, 0.29) is 30.2 Å². The van der Waals surface area contributed by atoms with Gasteiger partial charge >= 0.3 is 5.97 Å². The predicted octanol–water partition coefficient (Wildman–Crippen LogP) is 3.92. The second kappa shape index (κ2) is 10.2. The van der Waals surface area contributed by atoms with Crippen LogP contribution in [0.25, 0.3) is 0 Å². The summed E-state index contributed by atoms with van der Waals surface area (Å²) in [7, 11) is 0. The van der Waals surface area contributed by atoms with E-state index < -0.39 is 11.9 Å². The largest absolute Gasteiger partial charge is 0.466 e. The zero-order valence-electron chi connectivity index (χ0n) is 18.5. The van der Waals surface area contributed by atoms with E-state index in [0.29, 0.717) is 55.8 Å². The zero-order chi connectivity index (χ0) is 23.4. The summed E-state index contributed by atoms with van der Waals surface area (Å²) in [5.74, 6) is -1.32. The van der Waals surface area contributed by atoms with Crippen LogP contribution in [0.4, 0.5) is 8.78 Å². The van der Waals surface area contributed by atoms with Gasteiger partial charge in [0, 0.05) is 12.0 Å². The van der Waals surface area contributed by atoms with Gasteiger partial charge in [0.1, 0.15) is 11.6 Å². The molecule has 6 nitrogen and oxygen atoms in total. The van der Waals surface area contributed by atoms with E-state index in [2.05, 4.69) is 5.10 Å². The second-order valence-electron chi connectivity index (χ2n) is 8.34. The van der Waals surface area contributed by atoms with Gasteiger partial charge in [-0.25, -0.2) is 13.8 Å². The molecule has 0 aliphatic carbocycles. The summed E-state index contributed by atoms with van der Waals surface area (Å²) in [4.78, 5) is 27.2. The first kappa shape index (κ1) is 23.0. The Morgan fingerprint density at radius 3 is 2.42 bits per heavy atom. The Kier molecular flexibility index (Phi) is 7.13. The average Bonchev–Trinajstić information content (AvgIpc) is 3.26. The van der Waals surface area contributed by atoms with E-state index in [9.17, 15) is 18.4 Å². The Labute approximate surface area is 191 Å². The molecule has 0 saturated carbocycles. The number of amides is 1. The molecule has 2 aromatic carbocycles. The summed E-state index contributed by atoms with van der Waals surface area (Å²) in [6.07, 6.45) is 1.60. The topological polar surface area (TPSA) is 62.2 Å². The van der Waals surface area contributed by atoms with Gasteiger partial charge in [-0.05, 0) is 56.6 Å². The molecule has 0 radical (unpaired) electrons. The normalized spacial score (nSPS) is 19.4. The summed E-state index contributed by atoms with van der Waals surface area (Å²) < 4.78 is 33.1. The highest BCUT2D eigenvalue weighted by Crippen LogP contribution is 2.34. The molecule has 0 N–H and O–H groups in total. The van der Waals surface area contributed by atoms with Crippen LogP contribution in [0.5, 0.6) is 0 Å². The number of piperidine rings is 1. The molecular formula is C25H27F2N3O3. The van der Waals surface area contributed by atoms with Crippen LogP contribution in [0.15, 0.2) is 53.6 Å². The summed E-state index contributed by atoms with van der Waals surface area (Å²) in [5, 5.41) is 5.89. The van der Waals surface area contributed by atoms with Crippen molar-refractivity contribution in [3.8, 4) is 0 Å². The van der Waals surface area contributed by atoms with Gasteiger partial charge in [0.2, 0.25) is 0 Å². The lowest BCUT2D eigenvalue weighted by Crippen LogP contribution is -2.43. The number of hydrazone groups is 1. The molecule has 1 amide bonds. The van der Waals surface area contributed by atoms with Crippen molar-refractivity contribution in [1.82, 2.24) is 9.91 Å². The van der Waals surface area contributed by atoms with Gasteiger partial charge in [-0.1, -0.05) is 30.3 Å². The molecule has 1 saturated heterocycles. The SMILES string of the molecule is CCOC(=O)C1CCN(CC(=O)N2N=C(c3ccc(F)cc3)C[C@H]2c2ccccc2F)CC1. The van der Waals surface area contributed by atoms with Crippen LogP contribution in [0.2, 0.25) is 0 Å². The number of nitrogens with zero attached hydrogens (tertiary/aromatic N) is 3. The van der Waals surface area contributed by atoms with Crippen molar-refractivity contribution in [2.45, 2.75) is 32.2 Å². The minimum absolute atomic E-state index is 0.126. The van der Waals surface area contributed by atoms with Gasteiger partial charge in [-0.3, -0.25) is 14.5 Å². The molecule has 1 fully saturated rings. The summed E-state index contributed by atoms with van der Waals surface area (Å²) in [6, 6.07) is 11.7. The lowest BCUT2D eigenvalue weighted by Gasteiger charge is -2.32. The highest BCUT2D eigenvalue weighted by atomic mass is 19.1. The predicted molar refractivity (Wildman–Crippen MR) is 119 cm³/mol. The minimum Gasteiger partial charge on any atom is -0.466 e. The van der Waals surface area contributed by atoms with Crippen molar-refractivity contribution >= 4 is 17.6 Å². The van der Waals surface area contributed by atoms with Gasteiger partial charge in [0.05, 0.1) is 30.8 Å². The summed E-state index contributed by atoms with van der Waals surface area (Å²) in [5.41, 5.74) is 1.70. The summed E-state index contributed by atoms with van der Waals surface area (Å²) in [6.45, 7) is 3.47. The van der Waals surface area contributed by atoms with Crippen LogP contribution in [0.3, 0.4) is 0 Å². The number of rotatable bonds is 6. The molecule has 0 spiro atoms. The highest BCUT2D eigenvalue weighted by Gasteiger charge is 2.36. The molecule has 2 aliphatic heterocycles. The first-order valence-electron chi connectivity index (χ1n) is 11.2. The number of benzene rings is 2. The van der Waals surface area contributed by atoms with E-state index in [1.165, 1.54) is 23.2 Å². The van der Waals surface area contributed by atoms with Gasteiger partial charge in [-0.2, -0.15) is 5.10 Å². The number of carbonyl (C=O) groups is 2. The van der Waals surface area contributed by atoms with Crippen molar-refractivity contribution < 1.29 is 23.1 Å². The van der Waals surface area contributed by atoms with Crippen molar-refractivity contribution in [3.63, 3.8) is 0 Å². The van der Waals surface area contributed by atoms with E-state index in [4.69, 9.17) is 4.74 Å². The zero-order valence-corrected chi connectivity index (χ0v) is 18.5. The van der Waals surface area contributed by atoms with Crippen molar-refractivity contribution in [1.29, 1.82) is 0 Å². The van der Waals surface area contributed by atoms with E-state index >= 15 is 0 Å². The Balaban J connectivity index is 1.49. The van der Waals surface area contributed by atoms with Gasteiger partial charge < -0.3 is 4.74 Å². The molecule has 0 bridgehead atoms. The third-order valence-electron chi connectivity index (χ3n) is 6.17. The molecule has 2 aromatic rings. The molecule has 2 aliphatic rings. The second-order valence-corrected chi connectivity index (χ2v) is 8.34. The van der Waals surface area contributed by atoms with Crippen LogP contribution in [0.1, 0.15) is 43.4 Å². The standard InChI is InChI=1S/C25H27F2N3O3/c1-2-33-25(32)18-11-13-29(14-12-18)16-24(31)30-23(20-5-3-4-6-21(20)27)15-22(28-30)17-7-9-19(26)10-8-17/h3-10,18,23H,2,11-16H2,1H3/t23-/m0/s1. The van der Waals surface area contributed by atoms with Crippen molar-refractivity contribution in [2.24, 2.45) is 11.0 Å². The first-order chi connectivity index (χ1) is 16.0. The first-order valence-corrected chi connectivity index (χ1v) is 11.2. The fourth-order valence-electron chi connectivity index (χ4n) is 4.40. The molecule has 33 heavy (non-hydrogen) atoms. The Hall–Kier alpha value is -3.13. The maximum Gasteiger partial charge on any atom is 0.309 e. The number of halogens is 2. The van der Waals surface area contributed by atoms with Crippen LogP contribution in [-0.4, -0.2) is 53.7 Å². The van der Waals surface area contributed by atoms with Crippen LogP contribution in [0, 0.1) is 17.6 Å². The monoisotopic (exact) mass is 455 g/mol. The molecule has 0 unspecified atom stereocenters. The van der Waals surface area contributed by atoms with Crippen molar-refractivity contribution in [2.75, 3.05) is 26.2 Å². The fourth-order valence-corrected chi connectivity index (χ4v) is 4.40.